The summed E-state index contributed by atoms with van der Waals surface area (Å²) in [4.78, 5) is 13.3. The topological polar surface area (TPSA) is 50.7 Å². The van der Waals surface area contributed by atoms with Gasteiger partial charge in [-0.1, -0.05) is 0 Å². The molecule has 6 heteroatoms. The van der Waals surface area contributed by atoms with Gasteiger partial charge in [0.15, 0.2) is 11.5 Å². The molecule has 2 aliphatic rings. The molecule has 1 aromatic heterocycles. The molecule has 0 aliphatic carbocycles. The summed E-state index contributed by atoms with van der Waals surface area (Å²) in [6.07, 6.45) is 3.38. The predicted octanol–water partition coefficient (Wildman–Crippen LogP) is 2.23. The normalized spacial score (nSPS) is 20.0. The first kappa shape index (κ1) is 14.1. The zero-order valence-corrected chi connectivity index (χ0v) is 13.4. The Bertz CT molecular complexity index is 699. The second kappa shape index (κ2) is 5.61. The minimum absolute atomic E-state index is 0.203. The zero-order chi connectivity index (χ0) is 15.8. The van der Waals surface area contributed by atoms with Crippen LogP contribution in [0.25, 0.3) is 0 Å². The molecule has 23 heavy (non-hydrogen) atoms. The Balaban J connectivity index is 1.50. The number of piperazine rings is 1. The molecule has 6 nitrogen and oxygen atoms in total. The van der Waals surface area contributed by atoms with E-state index < -0.39 is 0 Å². The lowest BCUT2D eigenvalue weighted by molar-refractivity contribution is 0.0675. The van der Waals surface area contributed by atoms with E-state index in [1.54, 1.807) is 12.4 Å². The van der Waals surface area contributed by atoms with Crippen LogP contribution < -0.4 is 19.3 Å². The number of nitrogens with zero attached hydrogens (tertiary/aromatic N) is 4. The lowest BCUT2D eigenvalue weighted by Crippen LogP contribution is -2.47. The first-order chi connectivity index (χ1) is 11.2. The maximum absolute atomic E-state index is 5.78. The smallest absolute Gasteiger partial charge is 0.238 e. The van der Waals surface area contributed by atoms with Crippen molar-refractivity contribution in [3.8, 4) is 11.5 Å². The number of benzene rings is 1. The van der Waals surface area contributed by atoms with E-state index in [1.807, 2.05) is 19.1 Å². The molecule has 4 rings (SSSR count). The van der Waals surface area contributed by atoms with E-state index in [-0.39, 0.29) is 6.29 Å². The molecule has 0 radical (unpaired) electrons. The number of anilines is 2. The maximum atomic E-state index is 5.78. The van der Waals surface area contributed by atoms with E-state index in [0.29, 0.717) is 0 Å². The van der Waals surface area contributed by atoms with Crippen LogP contribution in [0.4, 0.5) is 11.6 Å². The molecule has 0 N–H and O–H groups in total. The van der Waals surface area contributed by atoms with Crippen molar-refractivity contribution in [2.45, 2.75) is 20.1 Å². The Kier molecular flexibility index (Phi) is 3.44. The standard InChI is InChI=1S/C17H20N4O2/c1-12-14(4-5-15-16(12)23-13(2)22-15)20-8-10-21(11-9-20)17-18-6-3-7-19-17/h3-7,13H,8-11H2,1-2H3. The Morgan fingerprint density at radius 1 is 1.00 bits per heavy atom. The molecule has 2 aromatic rings. The van der Waals surface area contributed by atoms with Gasteiger partial charge in [0.2, 0.25) is 12.2 Å². The number of fused-ring (bicyclic) bond motifs is 1. The number of hydrogen-bond acceptors (Lipinski definition) is 6. The highest BCUT2D eigenvalue weighted by atomic mass is 16.7. The van der Waals surface area contributed by atoms with Gasteiger partial charge in [-0.3, -0.25) is 0 Å². The largest absolute Gasteiger partial charge is 0.451 e. The van der Waals surface area contributed by atoms with Crippen LogP contribution in [-0.2, 0) is 0 Å². The van der Waals surface area contributed by atoms with Crippen molar-refractivity contribution in [1.82, 2.24) is 9.97 Å². The average molecular weight is 312 g/mol. The molecule has 0 amide bonds. The van der Waals surface area contributed by atoms with E-state index in [4.69, 9.17) is 9.47 Å². The van der Waals surface area contributed by atoms with Crippen LogP contribution in [0.3, 0.4) is 0 Å². The first-order valence-electron chi connectivity index (χ1n) is 7.96. The second-order valence-electron chi connectivity index (χ2n) is 5.86. The van der Waals surface area contributed by atoms with Crippen molar-refractivity contribution in [2.75, 3.05) is 36.0 Å². The SMILES string of the molecule is Cc1c(N2CCN(c3ncccn3)CC2)ccc2c1OC(C)O2. The molecule has 1 saturated heterocycles. The summed E-state index contributed by atoms with van der Waals surface area (Å²) in [5, 5.41) is 0. The van der Waals surface area contributed by atoms with E-state index in [0.717, 1.165) is 49.2 Å². The summed E-state index contributed by atoms with van der Waals surface area (Å²) in [6.45, 7) is 7.71. The van der Waals surface area contributed by atoms with E-state index >= 15 is 0 Å². The fourth-order valence-corrected chi connectivity index (χ4v) is 3.21. The van der Waals surface area contributed by atoms with E-state index in [9.17, 15) is 0 Å². The third-order valence-corrected chi connectivity index (χ3v) is 4.37. The summed E-state index contributed by atoms with van der Waals surface area (Å²) < 4.78 is 11.4. The summed E-state index contributed by atoms with van der Waals surface area (Å²) in [5.74, 6) is 2.53. The molecule has 2 aliphatic heterocycles. The highest BCUT2D eigenvalue weighted by molar-refractivity contribution is 5.65. The minimum atomic E-state index is -0.203. The van der Waals surface area contributed by atoms with Gasteiger partial charge >= 0.3 is 0 Å². The number of ether oxygens (including phenoxy) is 2. The maximum Gasteiger partial charge on any atom is 0.238 e. The first-order valence-corrected chi connectivity index (χ1v) is 7.96. The monoisotopic (exact) mass is 312 g/mol. The summed E-state index contributed by atoms with van der Waals surface area (Å²) in [6, 6.07) is 5.98. The molecular formula is C17H20N4O2. The molecule has 1 unspecified atom stereocenters. The number of hydrogen-bond donors (Lipinski definition) is 0. The highest BCUT2D eigenvalue weighted by Crippen LogP contribution is 2.42. The van der Waals surface area contributed by atoms with Crippen LogP contribution in [0.5, 0.6) is 11.5 Å². The predicted molar refractivity (Wildman–Crippen MR) is 88.4 cm³/mol. The van der Waals surface area contributed by atoms with Crippen molar-refractivity contribution in [2.24, 2.45) is 0 Å². The minimum Gasteiger partial charge on any atom is -0.451 e. The Morgan fingerprint density at radius 2 is 1.70 bits per heavy atom. The molecule has 0 bridgehead atoms. The van der Waals surface area contributed by atoms with Crippen LogP contribution in [0.1, 0.15) is 12.5 Å². The molecule has 1 atom stereocenters. The van der Waals surface area contributed by atoms with Crippen LogP contribution in [-0.4, -0.2) is 42.4 Å². The average Bonchev–Trinajstić information content (AvgIpc) is 2.98. The van der Waals surface area contributed by atoms with Gasteiger partial charge in [-0.15, -0.1) is 0 Å². The van der Waals surface area contributed by atoms with Gasteiger partial charge in [0.05, 0.1) is 0 Å². The number of rotatable bonds is 2. The van der Waals surface area contributed by atoms with Crippen molar-refractivity contribution < 1.29 is 9.47 Å². The molecule has 120 valence electrons. The third-order valence-electron chi connectivity index (χ3n) is 4.37. The van der Waals surface area contributed by atoms with Crippen LogP contribution in [0.2, 0.25) is 0 Å². The van der Waals surface area contributed by atoms with Gasteiger partial charge < -0.3 is 19.3 Å². The van der Waals surface area contributed by atoms with Crippen molar-refractivity contribution in [3.05, 3.63) is 36.2 Å². The summed E-state index contributed by atoms with van der Waals surface area (Å²) in [7, 11) is 0. The molecule has 0 saturated carbocycles. The van der Waals surface area contributed by atoms with Crippen LogP contribution in [0, 0.1) is 6.92 Å². The summed E-state index contributed by atoms with van der Waals surface area (Å²) in [5.41, 5.74) is 2.37. The van der Waals surface area contributed by atoms with Crippen LogP contribution in [0.15, 0.2) is 30.6 Å². The highest BCUT2D eigenvalue weighted by Gasteiger charge is 2.26. The molecule has 0 spiro atoms. The zero-order valence-electron chi connectivity index (χ0n) is 13.4. The molecule has 1 fully saturated rings. The van der Waals surface area contributed by atoms with Gasteiger partial charge in [0.1, 0.15) is 0 Å². The van der Waals surface area contributed by atoms with Gasteiger partial charge in [-0.25, -0.2) is 9.97 Å². The third kappa shape index (κ3) is 2.54. The molecule has 1 aromatic carbocycles. The summed E-state index contributed by atoms with van der Waals surface area (Å²) >= 11 is 0. The van der Waals surface area contributed by atoms with Crippen molar-refractivity contribution in [3.63, 3.8) is 0 Å². The Hall–Kier alpha value is -2.50. The van der Waals surface area contributed by atoms with E-state index in [2.05, 4.69) is 32.8 Å². The molecule has 3 heterocycles. The molecular weight excluding hydrogens is 292 g/mol. The fourth-order valence-electron chi connectivity index (χ4n) is 3.21. The van der Waals surface area contributed by atoms with Gasteiger partial charge in [0, 0.05) is 56.7 Å². The number of aromatic nitrogens is 2. The van der Waals surface area contributed by atoms with Crippen molar-refractivity contribution in [1.29, 1.82) is 0 Å². The van der Waals surface area contributed by atoms with Gasteiger partial charge in [-0.2, -0.15) is 0 Å². The lowest BCUT2D eigenvalue weighted by atomic mass is 10.1. The lowest BCUT2D eigenvalue weighted by Gasteiger charge is -2.36. The van der Waals surface area contributed by atoms with Gasteiger partial charge in [-0.05, 0) is 25.1 Å². The van der Waals surface area contributed by atoms with Gasteiger partial charge in [0.25, 0.3) is 0 Å². The Morgan fingerprint density at radius 3 is 2.43 bits per heavy atom. The second-order valence-corrected chi connectivity index (χ2v) is 5.86. The fraction of sp³-hybridized carbons (Fsp3) is 0.412. The van der Waals surface area contributed by atoms with Crippen molar-refractivity contribution >= 4 is 11.6 Å². The van der Waals surface area contributed by atoms with Crippen LogP contribution >= 0.6 is 0 Å². The van der Waals surface area contributed by atoms with E-state index in [1.165, 1.54) is 5.69 Å². The Labute approximate surface area is 135 Å². The quantitative estimate of drug-likeness (QED) is 0.847.